The van der Waals surface area contributed by atoms with Crippen molar-refractivity contribution in [1.29, 1.82) is 0 Å². The Morgan fingerprint density at radius 3 is 2.62 bits per heavy atom. The third kappa shape index (κ3) is 2.43. The normalized spacial score (nSPS) is 16.9. The molecule has 2 rings (SSSR count). The van der Waals surface area contributed by atoms with Gasteiger partial charge in [-0.3, -0.25) is 0 Å². The van der Waals surface area contributed by atoms with Crippen molar-refractivity contribution in [2.45, 2.75) is 45.6 Å². The molecule has 2 N–H and O–H groups in total. The van der Waals surface area contributed by atoms with Gasteiger partial charge in [0.05, 0.1) is 0 Å². The molecule has 1 aliphatic rings. The molecule has 0 amide bonds. The number of nitrogens with one attached hydrogen (secondary N) is 2. The fourth-order valence-corrected chi connectivity index (χ4v) is 1.60. The maximum atomic E-state index is 4.31. The van der Waals surface area contributed by atoms with E-state index in [1.54, 1.807) is 6.33 Å². The summed E-state index contributed by atoms with van der Waals surface area (Å²) >= 11 is 0. The van der Waals surface area contributed by atoms with Crippen LogP contribution in [0.15, 0.2) is 6.33 Å². The molecule has 4 heteroatoms. The fourth-order valence-electron chi connectivity index (χ4n) is 1.60. The van der Waals surface area contributed by atoms with E-state index >= 15 is 0 Å². The average molecular weight is 220 g/mol. The lowest BCUT2D eigenvalue weighted by atomic mass is 10.2. The Kier molecular flexibility index (Phi) is 2.99. The Labute approximate surface area is 96.9 Å². The summed E-state index contributed by atoms with van der Waals surface area (Å²) < 4.78 is 0. The predicted octanol–water partition coefficient (Wildman–Crippen LogP) is 2.57. The minimum Gasteiger partial charge on any atom is -0.370 e. The van der Waals surface area contributed by atoms with Gasteiger partial charge in [0.2, 0.25) is 0 Å². The Morgan fingerprint density at radius 2 is 2.00 bits per heavy atom. The van der Waals surface area contributed by atoms with Gasteiger partial charge in [0.15, 0.2) is 0 Å². The van der Waals surface area contributed by atoms with Gasteiger partial charge in [-0.2, -0.15) is 0 Å². The molecular formula is C12H20N4. The van der Waals surface area contributed by atoms with Crippen molar-refractivity contribution < 1.29 is 0 Å². The summed E-state index contributed by atoms with van der Waals surface area (Å²) in [7, 11) is 0. The SMILES string of the molecule is CCCNc1ncnc(NC2(C)CC2)c1C. The zero-order chi connectivity index (χ0) is 11.6. The molecule has 1 aromatic heterocycles. The van der Waals surface area contributed by atoms with Gasteiger partial charge in [0.1, 0.15) is 18.0 Å². The first-order valence-corrected chi connectivity index (χ1v) is 5.98. The number of rotatable bonds is 5. The van der Waals surface area contributed by atoms with Crippen molar-refractivity contribution in [2.75, 3.05) is 17.2 Å². The van der Waals surface area contributed by atoms with Crippen molar-refractivity contribution in [3.05, 3.63) is 11.9 Å². The van der Waals surface area contributed by atoms with E-state index in [-0.39, 0.29) is 5.54 Å². The smallest absolute Gasteiger partial charge is 0.134 e. The summed E-state index contributed by atoms with van der Waals surface area (Å²) in [5.41, 5.74) is 1.38. The predicted molar refractivity (Wildman–Crippen MR) is 66.8 cm³/mol. The summed E-state index contributed by atoms with van der Waals surface area (Å²) in [5, 5.41) is 6.80. The summed E-state index contributed by atoms with van der Waals surface area (Å²) in [6, 6.07) is 0. The van der Waals surface area contributed by atoms with E-state index < -0.39 is 0 Å². The molecule has 0 bridgehead atoms. The number of hydrogen-bond donors (Lipinski definition) is 2. The molecule has 1 aromatic rings. The first-order valence-electron chi connectivity index (χ1n) is 5.98. The van der Waals surface area contributed by atoms with Crippen molar-refractivity contribution in [2.24, 2.45) is 0 Å². The number of anilines is 2. The molecule has 0 aliphatic heterocycles. The van der Waals surface area contributed by atoms with Crippen LogP contribution < -0.4 is 10.6 Å². The molecule has 1 heterocycles. The molecule has 0 atom stereocenters. The van der Waals surface area contributed by atoms with E-state index in [0.29, 0.717) is 0 Å². The first-order chi connectivity index (χ1) is 7.64. The van der Waals surface area contributed by atoms with Crippen LogP contribution in [0.2, 0.25) is 0 Å². The van der Waals surface area contributed by atoms with E-state index in [1.165, 1.54) is 12.8 Å². The van der Waals surface area contributed by atoms with Gasteiger partial charge in [-0.1, -0.05) is 6.92 Å². The van der Waals surface area contributed by atoms with Crippen LogP contribution in [0.1, 0.15) is 38.7 Å². The lowest BCUT2D eigenvalue weighted by molar-refractivity contribution is 0.816. The van der Waals surface area contributed by atoms with Crippen LogP contribution in [-0.4, -0.2) is 22.1 Å². The Morgan fingerprint density at radius 1 is 1.31 bits per heavy atom. The maximum absolute atomic E-state index is 4.31. The molecule has 1 saturated carbocycles. The van der Waals surface area contributed by atoms with Crippen molar-refractivity contribution in [3.63, 3.8) is 0 Å². The summed E-state index contributed by atoms with van der Waals surface area (Å²) in [6.45, 7) is 7.39. The van der Waals surface area contributed by atoms with Crippen LogP contribution in [0.5, 0.6) is 0 Å². The third-order valence-corrected chi connectivity index (χ3v) is 3.05. The molecule has 0 unspecified atom stereocenters. The second-order valence-electron chi connectivity index (χ2n) is 4.81. The molecule has 1 fully saturated rings. The molecule has 0 spiro atoms. The lowest BCUT2D eigenvalue weighted by Crippen LogP contribution is -2.18. The topological polar surface area (TPSA) is 49.8 Å². The van der Waals surface area contributed by atoms with Crippen LogP contribution in [0.25, 0.3) is 0 Å². The fraction of sp³-hybridized carbons (Fsp3) is 0.667. The van der Waals surface area contributed by atoms with E-state index in [4.69, 9.17) is 0 Å². The van der Waals surface area contributed by atoms with E-state index in [1.807, 2.05) is 0 Å². The van der Waals surface area contributed by atoms with Gasteiger partial charge in [-0.25, -0.2) is 9.97 Å². The monoisotopic (exact) mass is 220 g/mol. The second kappa shape index (κ2) is 4.28. The van der Waals surface area contributed by atoms with Crippen LogP contribution >= 0.6 is 0 Å². The van der Waals surface area contributed by atoms with E-state index in [0.717, 1.165) is 30.2 Å². The van der Waals surface area contributed by atoms with Crippen molar-refractivity contribution >= 4 is 11.6 Å². The van der Waals surface area contributed by atoms with Gasteiger partial charge in [-0.05, 0) is 33.1 Å². The van der Waals surface area contributed by atoms with Crippen LogP contribution in [0.3, 0.4) is 0 Å². The zero-order valence-corrected chi connectivity index (χ0v) is 10.3. The largest absolute Gasteiger partial charge is 0.370 e. The van der Waals surface area contributed by atoms with E-state index in [2.05, 4.69) is 41.4 Å². The van der Waals surface area contributed by atoms with Gasteiger partial charge in [0.25, 0.3) is 0 Å². The summed E-state index contributed by atoms with van der Waals surface area (Å²) in [6.07, 6.45) is 5.19. The molecule has 16 heavy (non-hydrogen) atoms. The number of hydrogen-bond acceptors (Lipinski definition) is 4. The molecule has 0 aromatic carbocycles. The van der Waals surface area contributed by atoms with Gasteiger partial charge >= 0.3 is 0 Å². The zero-order valence-electron chi connectivity index (χ0n) is 10.3. The molecule has 4 nitrogen and oxygen atoms in total. The van der Waals surface area contributed by atoms with Crippen molar-refractivity contribution in [3.8, 4) is 0 Å². The third-order valence-electron chi connectivity index (χ3n) is 3.05. The second-order valence-corrected chi connectivity index (χ2v) is 4.81. The molecule has 0 radical (unpaired) electrons. The average Bonchev–Trinajstić information content (AvgIpc) is 2.98. The number of nitrogens with zero attached hydrogens (tertiary/aromatic N) is 2. The highest BCUT2D eigenvalue weighted by molar-refractivity contribution is 5.57. The van der Waals surface area contributed by atoms with Gasteiger partial charge in [-0.15, -0.1) is 0 Å². The summed E-state index contributed by atoms with van der Waals surface area (Å²) in [4.78, 5) is 8.57. The Hall–Kier alpha value is -1.32. The van der Waals surface area contributed by atoms with Crippen LogP contribution in [0, 0.1) is 6.92 Å². The highest BCUT2D eigenvalue weighted by atomic mass is 15.1. The minimum absolute atomic E-state index is 0.265. The standard InChI is InChI=1S/C12H20N4/c1-4-7-13-10-9(2)11(15-8-14-10)16-12(3)5-6-12/h8H,4-7H2,1-3H3,(H2,13,14,15,16). The first kappa shape index (κ1) is 11.2. The van der Waals surface area contributed by atoms with Crippen LogP contribution in [0.4, 0.5) is 11.6 Å². The van der Waals surface area contributed by atoms with Crippen LogP contribution in [-0.2, 0) is 0 Å². The molecular weight excluding hydrogens is 200 g/mol. The lowest BCUT2D eigenvalue weighted by Gasteiger charge is -2.16. The molecule has 1 aliphatic carbocycles. The molecule has 0 saturated heterocycles. The Balaban J connectivity index is 2.12. The highest BCUT2D eigenvalue weighted by Crippen LogP contribution is 2.38. The number of aromatic nitrogens is 2. The summed E-state index contributed by atoms with van der Waals surface area (Å²) in [5.74, 6) is 1.91. The highest BCUT2D eigenvalue weighted by Gasteiger charge is 2.37. The van der Waals surface area contributed by atoms with Gasteiger partial charge < -0.3 is 10.6 Å². The van der Waals surface area contributed by atoms with Crippen molar-refractivity contribution in [1.82, 2.24) is 9.97 Å². The van der Waals surface area contributed by atoms with E-state index in [9.17, 15) is 0 Å². The maximum Gasteiger partial charge on any atom is 0.134 e. The quantitative estimate of drug-likeness (QED) is 0.800. The van der Waals surface area contributed by atoms with Gasteiger partial charge in [0, 0.05) is 17.6 Å². The minimum atomic E-state index is 0.265. The molecule has 88 valence electrons. The Bertz CT molecular complexity index is 371.